The molecule has 0 spiro atoms. The van der Waals surface area contributed by atoms with E-state index in [1.54, 1.807) is 0 Å². The van der Waals surface area contributed by atoms with Crippen LogP contribution in [0.25, 0.3) is 0 Å². The van der Waals surface area contributed by atoms with Crippen molar-refractivity contribution in [3.05, 3.63) is 35.4 Å². The maximum absolute atomic E-state index is 6.03. The van der Waals surface area contributed by atoms with Crippen LogP contribution in [0.4, 0.5) is 0 Å². The molecule has 3 nitrogen and oxygen atoms in total. The zero-order valence-corrected chi connectivity index (χ0v) is 12.1. The zero-order chi connectivity index (χ0) is 13.7. The number of ether oxygens (including phenoxy) is 1. The fraction of sp³-hybridized carbons (Fsp3) is 0.625. The summed E-state index contributed by atoms with van der Waals surface area (Å²) in [6.45, 7) is 5.21. The van der Waals surface area contributed by atoms with Crippen molar-refractivity contribution in [3.63, 3.8) is 0 Å². The van der Waals surface area contributed by atoms with Crippen LogP contribution in [0.15, 0.2) is 24.3 Å². The summed E-state index contributed by atoms with van der Waals surface area (Å²) in [4.78, 5) is 0. The highest BCUT2D eigenvalue weighted by molar-refractivity contribution is 5.28. The number of hydrazine groups is 1. The predicted octanol–water partition coefficient (Wildman–Crippen LogP) is 3.10. The summed E-state index contributed by atoms with van der Waals surface area (Å²) in [5.74, 6) is 5.81. The van der Waals surface area contributed by atoms with Crippen molar-refractivity contribution in [1.29, 1.82) is 0 Å². The van der Waals surface area contributed by atoms with Gasteiger partial charge in [-0.1, -0.05) is 37.6 Å². The molecule has 2 atom stereocenters. The molecule has 1 saturated heterocycles. The second-order valence-electron chi connectivity index (χ2n) is 5.71. The van der Waals surface area contributed by atoms with Crippen LogP contribution in [0.1, 0.15) is 56.7 Å². The van der Waals surface area contributed by atoms with Gasteiger partial charge in [0.1, 0.15) is 0 Å². The summed E-state index contributed by atoms with van der Waals surface area (Å²) in [6, 6.07) is 8.77. The minimum atomic E-state index is -0.197. The maximum atomic E-state index is 6.03. The molecule has 1 aromatic rings. The molecule has 1 aliphatic heterocycles. The molecule has 19 heavy (non-hydrogen) atoms. The third-order valence-corrected chi connectivity index (χ3v) is 4.10. The average molecular weight is 262 g/mol. The van der Waals surface area contributed by atoms with Crippen LogP contribution in [-0.2, 0) is 11.2 Å². The molecule has 0 amide bonds. The number of benzene rings is 1. The van der Waals surface area contributed by atoms with Crippen LogP contribution in [0, 0.1) is 0 Å². The molecule has 1 aliphatic rings. The fourth-order valence-electron chi connectivity index (χ4n) is 3.03. The fourth-order valence-corrected chi connectivity index (χ4v) is 3.03. The summed E-state index contributed by atoms with van der Waals surface area (Å²) in [7, 11) is 0. The molecule has 0 radical (unpaired) electrons. The van der Waals surface area contributed by atoms with Gasteiger partial charge in [0.05, 0.1) is 11.6 Å². The Hall–Kier alpha value is -0.900. The monoisotopic (exact) mass is 262 g/mol. The summed E-state index contributed by atoms with van der Waals surface area (Å²) >= 11 is 0. The van der Waals surface area contributed by atoms with Crippen LogP contribution in [0.2, 0.25) is 0 Å². The normalized spacial score (nSPS) is 25.2. The molecule has 0 aliphatic carbocycles. The van der Waals surface area contributed by atoms with Crippen molar-refractivity contribution in [1.82, 2.24) is 5.43 Å². The topological polar surface area (TPSA) is 47.3 Å². The lowest BCUT2D eigenvalue weighted by Gasteiger charge is -2.40. The van der Waals surface area contributed by atoms with E-state index in [2.05, 4.69) is 43.5 Å². The van der Waals surface area contributed by atoms with E-state index in [9.17, 15) is 0 Å². The predicted molar refractivity (Wildman–Crippen MR) is 78.7 cm³/mol. The first-order chi connectivity index (χ1) is 9.19. The summed E-state index contributed by atoms with van der Waals surface area (Å²) in [5, 5.41) is 0. The summed E-state index contributed by atoms with van der Waals surface area (Å²) < 4.78 is 6.03. The van der Waals surface area contributed by atoms with E-state index >= 15 is 0 Å². The third-order valence-electron chi connectivity index (χ3n) is 4.10. The van der Waals surface area contributed by atoms with E-state index in [4.69, 9.17) is 10.6 Å². The molecular formula is C16H26N2O. The van der Waals surface area contributed by atoms with E-state index in [1.165, 1.54) is 17.5 Å². The standard InChI is InChI=1S/C16H26N2O/c1-3-7-13-8-6-9-14(12-13)15(18-17)16(2)10-4-5-11-19-16/h6,8-9,12,15,18H,3-5,7,10-11,17H2,1-2H3. The molecule has 2 unspecified atom stereocenters. The quantitative estimate of drug-likeness (QED) is 0.633. The SMILES string of the molecule is CCCc1cccc(C(NN)C2(C)CCCCO2)c1. The second kappa shape index (κ2) is 6.51. The lowest BCUT2D eigenvalue weighted by atomic mass is 9.84. The molecule has 0 saturated carbocycles. The minimum Gasteiger partial charge on any atom is -0.373 e. The zero-order valence-electron chi connectivity index (χ0n) is 12.1. The molecular weight excluding hydrogens is 236 g/mol. The number of hydrogen-bond acceptors (Lipinski definition) is 3. The van der Waals surface area contributed by atoms with Gasteiger partial charge in [-0.05, 0) is 43.7 Å². The van der Waals surface area contributed by atoms with Crippen LogP contribution in [-0.4, -0.2) is 12.2 Å². The van der Waals surface area contributed by atoms with E-state index in [-0.39, 0.29) is 11.6 Å². The molecule has 3 N–H and O–H groups in total. The number of rotatable bonds is 5. The van der Waals surface area contributed by atoms with Crippen LogP contribution in [0.5, 0.6) is 0 Å². The second-order valence-corrected chi connectivity index (χ2v) is 5.71. The highest BCUT2D eigenvalue weighted by Gasteiger charge is 2.37. The number of nitrogens with two attached hydrogens (primary N) is 1. The van der Waals surface area contributed by atoms with Gasteiger partial charge in [0.15, 0.2) is 0 Å². The van der Waals surface area contributed by atoms with Gasteiger partial charge in [-0.3, -0.25) is 11.3 Å². The van der Waals surface area contributed by atoms with Gasteiger partial charge in [-0.2, -0.15) is 0 Å². The minimum absolute atomic E-state index is 0.0598. The smallest absolute Gasteiger partial charge is 0.0861 e. The van der Waals surface area contributed by atoms with E-state index < -0.39 is 0 Å². The molecule has 1 fully saturated rings. The molecule has 2 rings (SSSR count). The molecule has 1 aromatic carbocycles. The highest BCUT2D eigenvalue weighted by Crippen LogP contribution is 2.36. The van der Waals surface area contributed by atoms with Crippen LogP contribution in [0.3, 0.4) is 0 Å². The van der Waals surface area contributed by atoms with Crippen molar-refractivity contribution in [3.8, 4) is 0 Å². The average Bonchev–Trinajstić information content (AvgIpc) is 2.41. The Bertz CT molecular complexity index is 399. The van der Waals surface area contributed by atoms with Crippen molar-refractivity contribution in [2.24, 2.45) is 5.84 Å². The molecule has 0 bridgehead atoms. The lowest BCUT2D eigenvalue weighted by molar-refractivity contribution is -0.0899. The first-order valence-corrected chi connectivity index (χ1v) is 7.38. The maximum Gasteiger partial charge on any atom is 0.0861 e. The Balaban J connectivity index is 2.22. The van der Waals surface area contributed by atoms with Crippen molar-refractivity contribution >= 4 is 0 Å². The van der Waals surface area contributed by atoms with Gasteiger partial charge in [0.2, 0.25) is 0 Å². The van der Waals surface area contributed by atoms with E-state index in [0.29, 0.717) is 0 Å². The van der Waals surface area contributed by atoms with Gasteiger partial charge in [-0.25, -0.2) is 0 Å². The van der Waals surface area contributed by atoms with Crippen LogP contribution < -0.4 is 11.3 Å². The lowest BCUT2D eigenvalue weighted by Crippen LogP contribution is -2.48. The van der Waals surface area contributed by atoms with Gasteiger partial charge in [0.25, 0.3) is 0 Å². The number of nitrogens with one attached hydrogen (secondary N) is 1. The Morgan fingerprint density at radius 2 is 2.26 bits per heavy atom. The molecule has 106 valence electrons. The number of aryl methyl sites for hydroxylation is 1. The summed E-state index contributed by atoms with van der Waals surface area (Å²) in [6.07, 6.45) is 5.70. The highest BCUT2D eigenvalue weighted by atomic mass is 16.5. The first-order valence-electron chi connectivity index (χ1n) is 7.38. The van der Waals surface area contributed by atoms with Crippen molar-refractivity contribution in [2.45, 2.75) is 57.6 Å². The first kappa shape index (κ1) is 14.5. The molecule has 3 heteroatoms. The van der Waals surface area contributed by atoms with Gasteiger partial charge < -0.3 is 4.74 Å². The molecule has 0 aromatic heterocycles. The van der Waals surface area contributed by atoms with E-state index in [1.807, 2.05) is 0 Å². The van der Waals surface area contributed by atoms with Gasteiger partial charge in [0, 0.05) is 6.61 Å². The third kappa shape index (κ3) is 3.35. The number of hydrogen-bond donors (Lipinski definition) is 2. The largest absolute Gasteiger partial charge is 0.373 e. The van der Waals surface area contributed by atoms with Gasteiger partial charge >= 0.3 is 0 Å². The Morgan fingerprint density at radius 1 is 1.42 bits per heavy atom. The Morgan fingerprint density at radius 3 is 2.89 bits per heavy atom. The van der Waals surface area contributed by atoms with Crippen molar-refractivity contribution < 1.29 is 4.74 Å². The summed E-state index contributed by atoms with van der Waals surface area (Å²) in [5.41, 5.74) is 5.39. The van der Waals surface area contributed by atoms with Gasteiger partial charge in [-0.15, -0.1) is 0 Å². The Kier molecular flexibility index (Phi) is 4.97. The molecule has 1 heterocycles. The van der Waals surface area contributed by atoms with E-state index in [0.717, 1.165) is 32.3 Å². The van der Waals surface area contributed by atoms with Crippen molar-refractivity contribution in [2.75, 3.05) is 6.61 Å². The Labute approximate surface area is 116 Å². The van der Waals surface area contributed by atoms with Crippen LogP contribution >= 0.6 is 0 Å².